The second-order valence-corrected chi connectivity index (χ2v) is 16.2. The Morgan fingerprint density at radius 3 is 1.70 bits per heavy atom. The van der Waals surface area contributed by atoms with E-state index >= 15 is 0 Å². The summed E-state index contributed by atoms with van der Waals surface area (Å²) >= 11 is 1.54. The van der Waals surface area contributed by atoms with Crippen LogP contribution >= 0.6 is 11.8 Å². The summed E-state index contributed by atoms with van der Waals surface area (Å²) in [7, 11) is 0. The molecular weight excluding hydrogens is 589 g/mol. The zero-order valence-corrected chi connectivity index (χ0v) is 32.4. The zero-order valence-electron chi connectivity index (χ0n) is 31.6. The molecule has 0 rings (SSSR count). The lowest BCUT2D eigenvalue weighted by molar-refractivity contribution is -0.152. The van der Waals surface area contributed by atoms with Gasteiger partial charge in [0.15, 0.2) is 11.7 Å². The molecule has 1 N–H and O–H groups in total. The van der Waals surface area contributed by atoms with Gasteiger partial charge < -0.3 is 9.84 Å². The van der Waals surface area contributed by atoms with Crippen LogP contribution in [0.25, 0.3) is 0 Å². The van der Waals surface area contributed by atoms with E-state index in [0.717, 1.165) is 82.8 Å². The van der Waals surface area contributed by atoms with Crippen molar-refractivity contribution in [3.05, 3.63) is 0 Å². The van der Waals surface area contributed by atoms with Gasteiger partial charge in [-0.25, -0.2) is 0 Å². The van der Waals surface area contributed by atoms with Gasteiger partial charge in [-0.05, 0) is 64.7 Å². The fourth-order valence-corrected chi connectivity index (χ4v) is 6.94. The molecule has 0 aromatic rings. The molecule has 270 valence electrons. The van der Waals surface area contributed by atoms with Crippen molar-refractivity contribution in [2.75, 3.05) is 12.4 Å². The molecule has 5 heteroatoms. The quantitative estimate of drug-likeness (QED) is 0.0470. The van der Waals surface area contributed by atoms with Gasteiger partial charge in [0, 0.05) is 17.6 Å². The third kappa shape index (κ3) is 25.1. The highest BCUT2D eigenvalue weighted by Crippen LogP contribution is 2.31. The normalized spacial score (nSPS) is 12.6. The fraction of sp³-hybridized carbons (Fsp3) is 0.902. The number of hydrogen-bond donors (Lipinski definition) is 1. The van der Waals surface area contributed by atoms with Gasteiger partial charge in [0.25, 0.3) is 0 Å². The van der Waals surface area contributed by atoms with Crippen molar-refractivity contribution >= 4 is 22.8 Å². The second-order valence-electron chi connectivity index (χ2n) is 15.2. The number of rotatable bonds is 30. The molecule has 0 aliphatic carbocycles. The van der Waals surface area contributed by atoms with Crippen LogP contribution in [0.2, 0.25) is 0 Å². The Morgan fingerprint density at radius 2 is 1.13 bits per heavy atom. The molecule has 0 aromatic carbocycles. The summed E-state index contributed by atoms with van der Waals surface area (Å²) in [5.41, 5.74) is -0.768. The van der Waals surface area contributed by atoms with Crippen molar-refractivity contribution in [2.45, 2.75) is 209 Å². The fourth-order valence-electron chi connectivity index (χ4n) is 5.91. The van der Waals surface area contributed by atoms with Gasteiger partial charge in [-0.3, -0.25) is 9.59 Å². The predicted octanol–water partition coefficient (Wildman–Crippen LogP) is 12.2. The Kier molecular flexibility index (Phi) is 28.3. The Labute approximate surface area is 291 Å². The number of thioether (sulfide) groups is 1. The number of hydrogen-bond acceptors (Lipinski definition) is 5. The maximum atomic E-state index is 12.7. The molecule has 0 fully saturated rings. The summed E-state index contributed by atoms with van der Waals surface area (Å²) in [6, 6.07) is 0. The Balaban J connectivity index is 3.99. The lowest BCUT2D eigenvalue weighted by atomic mass is 9.86. The summed E-state index contributed by atoms with van der Waals surface area (Å²) in [4.78, 5) is 25.4. The van der Waals surface area contributed by atoms with Gasteiger partial charge >= 0.3 is 5.97 Å². The minimum Gasteiger partial charge on any atom is -0.452 e. The maximum Gasteiger partial charge on any atom is 0.312 e. The van der Waals surface area contributed by atoms with Crippen LogP contribution in [0.5, 0.6) is 0 Å². The molecule has 0 saturated carbocycles. The van der Waals surface area contributed by atoms with Crippen LogP contribution in [0.4, 0.5) is 0 Å². The molecule has 0 spiro atoms. The smallest absolute Gasteiger partial charge is 0.312 e. The van der Waals surface area contributed by atoms with Crippen LogP contribution in [-0.2, 0) is 14.3 Å². The van der Waals surface area contributed by atoms with Crippen LogP contribution in [0.15, 0.2) is 0 Å². The molecule has 46 heavy (non-hydrogen) atoms. The van der Waals surface area contributed by atoms with Crippen molar-refractivity contribution in [3.8, 4) is 11.8 Å². The number of unbranched alkanes of at least 4 members (excludes halogenated alkanes) is 12. The number of carbonyl (C=O) groups excluding carboxylic acids is 2. The molecule has 0 amide bonds. The van der Waals surface area contributed by atoms with E-state index in [9.17, 15) is 14.7 Å². The molecule has 0 aliphatic heterocycles. The van der Waals surface area contributed by atoms with Gasteiger partial charge in [-0.1, -0.05) is 161 Å². The van der Waals surface area contributed by atoms with Crippen molar-refractivity contribution in [1.82, 2.24) is 0 Å². The topological polar surface area (TPSA) is 63.6 Å². The first kappa shape index (κ1) is 45.0. The predicted molar refractivity (Wildman–Crippen MR) is 201 cm³/mol. The van der Waals surface area contributed by atoms with Crippen molar-refractivity contribution < 1.29 is 19.4 Å². The summed E-state index contributed by atoms with van der Waals surface area (Å²) in [5.74, 6) is 7.80. The van der Waals surface area contributed by atoms with E-state index in [1.165, 1.54) is 88.8 Å². The molecule has 1 atom stereocenters. The van der Waals surface area contributed by atoms with E-state index in [2.05, 4.69) is 46.5 Å². The SMILES string of the molecule is CCCCCCCCCSC(=O)C(C)(C)CCCCCC(O)CCCCCC(C)(C)C(=O)OCC#CCC(CCCC)CCCC. The lowest BCUT2D eigenvalue weighted by Gasteiger charge is -2.22. The monoisotopic (exact) mass is 665 g/mol. The van der Waals surface area contributed by atoms with Gasteiger partial charge in [0.05, 0.1) is 11.5 Å². The second kappa shape index (κ2) is 29.0. The van der Waals surface area contributed by atoms with E-state index in [0.29, 0.717) is 11.0 Å². The van der Waals surface area contributed by atoms with Gasteiger partial charge in [-0.15, -0.1) is 0 Å². The van der Waals surface area contributed by atoms with Crippen molar-refractivity contribution in [3.63, 3.8) is 0 Å². The number of esters is 1. The summed E-state index contributed by atoms with van der Waals surface area (Å²) in [6.07, 6.45) is 26.6. The zero-order chi connectivity index (χ0) is 34.5. The third-order valence-electron chi connectivity index (χ3n) is 9.49. The molecular formula is C41H76O4S. The molecule has 0 radical (unpaired) electrons. The highest BCUT2D eigenvalue weighted by atomic mass is 32.2. The van der Waals surface area contributed by atoms with E-state index in [4.69, 9.17) is 4.74 Å². The number of aliphatic hydroxyl groups is 1. The maximum absolute atomic E-state index is 12.7. The third-order valence-corrected chi connectivity index (χ3v) is 10.8. The van der Waals surface area contributed by atoms with Crippen LogP contribution in [0, 0.1) is 28.6 Å². The number of aliphatic hydroxyl groups excluding tert-OH is 1. The number of carbonyl (C=O) groups is 2. The van der Waals surface area contributed by atoms with Crippen molar-refractivity contribution in [2.24, 2.45) is 16.7 Å². The lowest BCUT2D eigenvalue weighted by Crippen LogP contribution is -2.26. The van der Waals surface area contributed by atoms with E-state index in [1.807, 2.05) is 13.8 Å². The van der Waals surface area contributed by atoms with E-state index in [-0.39, 0.29) is 24.1 Å². The Hall–Kier alpha value is -0.990. The summed E-state index contributed by atoms with van der Waals surface area (Å²) in [6.45, 7) is 15.0. The van der Waals surface area contributed by atoms with Crippen LogP contribution in [0.1, 0.15) is 203 Å². The molecule has 4 nitrogen and oxygen atoms in total. The standard InChI is InChI=1S/C41H76O4S/c1-8-11-14-15-16-17-26-35-46-39(44)41(6,7)33-24-19-21-31-37(42)30-20-18-23-32-40(4,5)38(43)45-34-25-22-29-36(27-12-9-2)28-13-10-3/h36-37,42H,8-21,23-24,26-35H2,1-7H3. The van der Waals surface area contributed by atoms with Gasteiger partial charge in [0.2, 0.25) is 0 Å². The summed E-state index contributed by atoms with van der Waals surface area (Å²) in [5, 5.41) is 10.8. The van der Waals surface area contributed by atoms with Crippen molar-refractivity contribution in [1.29, 1.82) is 0 Å². The Bertz CT molecular complexity index is 801. The Morgan fingerprint density at radius 1 is 0.630 bits per heavy atom. The molecule has 0 bridgehead atoms. The highest BCUT2D eigenvalue weighted by molar-refractivity contribution is 8.13. The number of ether oxygens (including phenoxy) is 1. The molecule has 1 unspecified atom stereocenters. The minimum absolute atomic E-state index is 0.160. The first-order chi connectivity index (χ1) is 22.0. The summed E-state index contributed by atoms with van der Waals surface area (Å²) < 4.78 is 5.51. The largest absolute Gasteiger partial charge is 0.452 e. The first-order valence-electron chi connectivity index (χ1n) is 19.5. The van der Waals surface area contributed by atoms with Crippen LogP contribution < -0.4 is 0 Å². The average molecular weight is 665 g/mol. The van der Waals surface area contributed by atoms with Gasteiger partial charge in [0.1, 0.15) is 0 Å². The first-order valence-corrected chi connectivity index (χ1v) is 20.5. The average Bonchev–Trinajstić information content (AvgIpc) is 3.02. The van der Waals surface area contributed by atoms with E-state index < -0.39 is 5.41 Å². The molecule has 0 aromatic heterocycles. The minimum atomic E-state index is -0.507. The highest BCUT2D eigenvalue weighted by Gasteiger charge is 2.29. The molecule has 0 saturated heterocycles. The molecule has 0 aliphatic rings. The van der Waals surface area contributed by atoms with Gasteiger partial charge in [-0.2, -0.15) is 0 Å². The van der Waals surface area contributed by atoms with E-state index in [1.54, 1.807) is 0 Å². The van der Waals surface area contributed by atoms with Crippen LogP contribution in [0.3, 0.4) is 0 Å². The molecule has 0 heterocycles. The van der Waals surface area contributed by atoms with Crippen LogP contribution in [-0.4, -0.2) is 34.7 Å².